The van der Waals surface area contributed by atoms with Crippen LogP contribution in [0.15, 0.2) is 42.5 Å². The second-order valence-corrected chi connectivity index (χ2v) is 7.66. The van der Waals surface area contributed by atoms with Crippen LogP contribution in [0.3, 0.4) is 0 Å². The van der Waals surface area contributed by atoms with Crippen LogP contribution in [-0.4, -0.2) is 40.1 Å². The van der Waals surface area contributed by atoms with Crippen molar-refractivity contribution in [2.45, 2.75) is 39.8 Å². The number of imide groups is 1. The van der Waals surface area contributed by atoms with E-state index in [1.54, 1.807) is 12.1 Å². The molecule has 0 unspecified atom stereocenters. The molecule has 0 aromatic heterocycles. The van der Waals surface area contributed by atoms with Gasteiger partial charge in [0, 0.05) is 5.69 Å². The first-order valence-corrected chi connectivity index (χ1v) is 9.29. The second kappa shape index (κ2) is 7.58. The van der Waals surface area contributed by atoms with E-state index in [1.165, 1.54) is 23.6 Å². The van der Waals surface area contributed by atoms with Crippen molar-refractivity contribution in [1.82, 2.24) is 4.90 Å². The molecular formula is C22H24N2O5. The molecule has 7 nitrogen and oxygen atoms in total. The lowest BCUT2D eigenvalue weighted by Gasteiger charge is -2.25. The normalized spacial score (nSPS) is 14.5. The van der Waals surface area contributed by atoms with Gasteiger partial charge in [-0.2, -0.15) is 0 Å². The van der Waals surface area contributed by atoms with Gasteiger partial charge in [-0.05, 0) is 56.5 Å². The van der Waals surface area contributed by atoms with Crippen molar-refractivity contribution < 1.29 is 24.2 Å². The molecular weight excluding hydrogens is 372 g/mol. The van der Waals surface area contributed by atoms with E-state index in [1.807, 2.05) is 44.2 Å². The van der Waals surface area contributed by atoms with Crippen LogP contribution in [-0.2, 0) is 16.1 Å². The molecule has 7 heteroatoms. The van der Waals surface area contributed by atoms with Gasteiger partial charge in [-0.3, -0.25) is 14.6 Å². The average Bonchev–Trinajstić information content (AvgIpc) is 2.93. The number of nitrogens with zero attached hydrogens (tertiary/aromatic N) is 2. The number of carboxylic acid groups (broad SMARTS) is 1. The maximum atomic E-state index is 12.8. The van der Waals surface area contributed by atoms with Crippen molar-refractivity contribution in [3.8, 4) is 5.75 Å². The number of benzene rings is 2. The summed E-state index contributed by atoms with van der Waals surface area (Å²) in [6, 6.07) is 12.3. The Morgan fingerprint density at radius 3 is 2.24 bits per heavy atom. The molecule has 152 valence electrons. The molecule has 2 aromatic carbocycles. The smallest absolute Gasteiger partial charge is 0.347 e. The maximum absolute atomic E-state index is 12.8. The maximum Gasteiger partial charge on any atom is 0.347 e. The predicted molar refractivity (Wildman–Crippen MR) is 108 cm³/mol. The molecule has 1 heterocycles. The molecule has 0 bridgehead atoms. The van der Waals surface area contributed by atoms with Gasteiger partial charge >= 0.3 is 12.0 Å². The minimum absolute atomic E-state index is 0.00874. The summed E-state index contributed by atoms with van der Waals surface area (Å²) in [6.45, 7) is 6.76. The fraction of sp³-hybridized carbons (Fsp3) is 0.318. The summed E-state index contributed by atoms with van der Waals surface area (Å²) in [5.41, 5.74) is 1.58. The number of rotatable bonds is 6. The van der Waals surface area contributed by atoms with Crippen LogP contribution in [0, 0.1) is 13.8 Å². The Morgan fingerprint density at radius 1 is 1.10 bits per heavy atom. The Labute approximate surface area is 169 Å². The van der Waals surface area contributed by atoms with E-state index in [2.05, 4.69) is 0 Å². The van der Waals surface area contributed by atoms with Crippen molar-refractivity contribution in [3.05, 3.63) is 59.2 Å². The molecule has 0 saturated carbocycles. The Bertz CT molecular complexity index is 945. The molecule has 2 aromatic rings. The van der Waals surface area contributed by atoms with Crippen LogP contribution in [0.25, 0.3) is 0 Å². The number of urea groups is 1. The SMILES string of the molecule is Cc1cc(CN2C(=O)CN(c3ccccc3)C2=O)cc(C)c1OC(C)(C)C(=O)O. The fourth-order valence-corrected chi connectivity index (χ4v) is 3.28. The molecule has 1 aliphatic rings. The molecule has 0 radical (unpaired) electrons. The number of ether oxygens (including phenoxy) is 1. The molecule has 0 atom stereocenters. The standard InChI is InChI=1S/C22H24N2O5/c1-14-10-16(11-15(2)19(14)29-22(3,4)20(26)27)12-24-18(25)13-23(21(24)28)17-8-6-5-7-9-17/h5-11H,12-13H2,1-4H3,(H,26,27). The summed E-state index contributed by atoms with van der Waals surface area (Å²) in [5.74, 6) is -0.831. The van der Waals surface area contributed by atoms with E-state index >= 15 is 0 Å². The van der Waals surface area contributed by atoms with Crippen LogP contribution in [0.2, 0.25) is 0 Å². The Hall–Kier alpha value is -3.35. The van der Waals surface area contributed by atoms with Crippen molar-refractivity contribution in [1.29, 1.82) is 0 Å². The van der Waals surface area contributed by atoms with Crippen LogP contribution in [0.5, 0.6) is 5.75 Å². The Kier molecular flexibility index (Phi) is 5.33. The molecule has 29 heavy (non-hydrogen) atoms. The zero-order chi connectivity index (χ0) is 21.3. The summed E-state index contributed by atoms with van der Waals surface area (Å²) in [7, 11) is 0. The molecule has 0 aliphatic carbocycles. The van der Waals surface area contributed by atoms with E-state index in [9.17, 15) is 19.5 Å². The first-order valence-electron chi connectivity index (χ1n) is 9.29. The number of carbonyl (C=O) groups is 3. The third-order valence-corrected chi connectivity index (χ3v) is 4.86. The third-order valence-electron chi connectivity index (χ3n) is 4.86. The van der Waals surface area contributed by atoms with Crippen LogP contribution in [0.1, 0.15) is 30.5 Å². The highest BCUT2D eigenvalue weighted by molar-refractivity contribution is 6.12. The van der Waals surface area contributed by atoms with E-state index < -0.39 is 11.6 Å². The zero-order valence-corrected chi connectivity index (χ0v) is 16.9. The number of anilines is 1. The monoisotopic (exact) mass is 396 g/mol. The van der Waals surface area contributed by atoms with Gasteiger partial charge in [-0.25, -0.2) is 9.59 Å². The molecule has 1 fully saturated rings. The molecule has 0 spiro atoms. The summed E-state index contributed by atoms with van der Waals surface area (Å²) in [4.78, 5) is 39.2. The van der Waals surface area contributed by atoms with Crippen molar-refractivity contribution >= 4 is 23.6 Å². The number of hydrogen-bond acceptors (Lipinski definition) is 4. The van der Waals surface area contributed by atoms with Crippen molar-refractivity contribution in [2.75, 3.05) is 11.4 Å². The molecule has 3 rings (SSSR count). The topological polar surface area (TPSA) is 87.2 Å². The van der Waals surface area contributed by atoms with E-state index in [0.717, 1.165) is 16.7 Å². The van der Waals surface area contributed by atoms with Crippen LogP contribution >= 0.6 is 0 Å². The van der Waals surface area contributed by atoms with E-state index in [0.29, 0.717) is 11.4 Å². The second-order valence-electron chi connectivity index (χ2n) is 7.66. The lowest BCUT2D eigenvalue weighted by atomic mass is 10.0. The van der Waals surface area contributed by atoms with Crippen molar-refractivity contribution in [2.24, 2.45) is 0 Å². The predicted octanol–water partition coefficient (Wildman–Crippen LogP) is 3.51. The quantitative estimate of drug-likeness (QED) is 0.755. The number of carbonyl (C=O) groups excluding carboxylic acids is 2. The van der Waals surface area contributed by atoms with Gasteiger partial charge in [0.05, 0.1) is 6.54 Å². The molecule has 1 aliphatic heterocycles. The van der Waals surface area contributed by atoms with Gasteiger partial charge in [-0.1, -0.05) is 30.3 Å². The Balaban J connectivity index is 1.81. The third kappa shape index (κ3) is 4.08. The zero-order valence-electron chi connectivity index (χ0n) is 16.9. The number of hydrogen-bond donors (Lipinski definition) is 1. The molecule has 1 N–H and O–H groups in total. The van der Waals surface area contributed by atoms with Crippen molar-refractivity contribution in [3.63, 3.8) is 0 Å². The minimum atomic E-state index is -1.37. The van der Waals surface area contributed by atoms with E-state index in [4.69, 9.17) is 4.74 Å². The summed E-state index contributed by atoms with van der Waals surface area (Å²) >= 11 is 0. The summed E-state index contributed by atoms with van der Waals surface area (Å²) in [5, 5.41) is 9.29. The average molecular weight is 396 g/mol. The lowest BCUT2D eigenvalue weighted by Crippen LogP contribution is -2.38. The summed E-state index contributed by atoms with van der Waals surface area (Å²) < 4.78 is 5.71. The number of amides is 3. The highest BCUT2D eigenvalue weighted by Gasteiger charge is 2.37. The highest BCUT2D eigenvalue weighted by atomic mass is 16.5. The van der Waals surface area contributed by atoms with E-state index in [-0.39, 0.29) is 25.0 Å². The first kappa shape index (κ1) is 20.4. The minimum Gasteiger partial charge on any atom is -0.478 e. The van der Waals surface area contributed by atoms with Gasteiger partial charge in [0.25, 0.3) is 5.91 Å². The fourth-order valence-electron chi connectivity index (χ4n) is 3.28. The van der Waals surface area contributed by atoms with Crippen LogP contribution in [0.4, 0.5) is 10.5 Å². The number of para-hydroxylation sites is 1. The number of aliphatic carboxylic acids is 1. The van der Waals surface area contributed by atoms with Gasteiger partial charge in [0.2, 0.25) is 0 Å². The molecule has 3 amide bonds. The van der Waals surface area contributed by atoms with Gasteiger partial charge in [0.15, 0.2) is 5.60 Å². The van der Waals surface area contributed by atoms with Gasteiger partial charge in [-0.15, -0.1) is 0 Å². The summed E-state index contributed by atoms with van der Waals surface area (Å²) in [6.07, 6.45) is 0. The Morgan fingerprint density at radius 2 is 1.69 bits per heavy atom. The lowest BCUT2D eigenvalue weighted by molar-refractivity contribution is -0.152. The first-order chi connectivity index (χ1) is 13.6. The number of aryl methyl sites for hydroxylation is 2. The number of carboxylic acids is 1. The van der Waals surface area contributed by atoms with Gasteiger partial charge in [0.1, 0.15) is 12.3 Å². The molecule has 1 saturated heterocycles. The largest absolute Gasteiger partial charge is 0.478 e. The van der Waals surface area contributed by atoms with Crippen LogP contribution < -0.4 is 9.64 Å². The highest BCUT2D eigenvalue weighted by Crippen LogP contribution is 2.30. The van der Waals surface area contributed by atoms with Gasteiger partial charge < -0.3 is 9.84 Å².